The summed E-state index contributed by atoms with van der Waals surface area (Å²) in [6.07, 6.45) is 1.70. The second-order valence-corrected chi connectivity index (χ2v) is 11.3. The third kappa shape index (κ3) is 4.71. The molecule has 3 atom stereocenters. The van der Waals surface area contributed by atoms with E-state index in [2.05, 4.69) is 6.92 Å². The number of carbonyl (C=O) groups is 3. The molecule has 206 valence electrons. The Labute approximate surface area is 228 Å². The minimum absolute atomic E-state index is 0.0247. The number of rotatable bonds is 5. The molecule has 2 bridgehead atoms. The van der Waals surface area contributed by atoms with Gasteiger partial charge in [-0.05, 0) is 80.3 Å². The van der Waals surface area contributed by atoms with Crippen LogP contribution in [0, 0.1) is 6.92 Å². The van der Waals surface area contributed by atoms with E-state index in [-0.39, 0.29) is 17.3 Å². The maximum atomic E-state index is 13.6. The van der Waals surface area contributed by atoms with E-state index in [1.54, 1.807) is 20.8 Å². The quantitative estimate of drug-likeness (QED) is 0.392. The molecule has 0 saturated heterocycles. The van der Waals surface area contributed by atoms with Crippen LogP contribution in [0.15, 0.2) is 47.5 Å². The van der Waals surface area contributed by atoms with Crippen LogP contribution in [-0.4, -0.2) is 48.9 Å². The van der Waals surface area contributed by atoms with Crippen molar-refractivity contribution in [2.24, 2.45) is 0 Å². The summed E-state index contributed by atoms with van der Waals surface area (Å²) in [5, 5.41) is 0. The number of methoxy groups -OCH3 is 2. The van der Waals surface area contributed by atoms with Crippen molar-refractivity contribution in [3.63, 3.8) is 0 Å². The Bertz CT molecular complexity index is 1360. The van der Waals surface area contributed by atoms with Crippen LogP contribution in [0.4, 0.5) is 4.79 Å². The maximum absolute atomic E-state index is 13.6. The third-order valence-electron chi connectivity index (χ3n) is 7.70. The lowest BCUT2D eigenvalue weighted by Gasteiger charge is -2.31. The van der Waals surface area contributed by atoms with Crippen LogP contribution in [0.1, 0.15) is 72.7 Å². The number of ether oxygens (including phenoxy) is 4. The molecule has 3 aliphatic rings. The molecule has 0 aromatic heterocycles. The predicted octanol–water partition coefficient (Wildman–Crippen LogP) is 5.06. The molecule has 8 nitrogen and oxygen atoms in total. The van der Waals surface area contributed by atoms with Crippen molar-refractivity contribution in [1.29, 1.82) is 0 Å². The summed E-state index contributed by atoms with van der Waals surface area (Å²) in [6.45, 7) is 7.91. The monoisotopic (exact) mass is 533 g/mol. The third-order valence-corrected chi connectivity index (χ3v) is 7.70. The van der Waals surface area contributed by atoms with Gasteiger partial charge in [-0.1, -0.05) is 36.4 Å². The zero-order chi connectivity index (χ0) is 28.1. The van der Waals surface area contributed by atoms with E-state index in [0.717, 1.165) is 40.7 Å². The Balaban J connectivity index is 1.60. The fraction of sp³-hybridized carbons (Fsp3) is 0.452. The molecule has 2 heterocycles. The van der Waals surface area contributed by atoms with Crippen LogP contribution in [-0.2, 0) is 48.0 Å². The first-order valence-corrected chi connectivity index (χ1v) is 13.3. The van der Waals surface area contributed by atoms with Gasteiger partial charge in [0.2, 0.25) is 0 Å². The van der Waals surface area contributed by atoms with E-state index >= 15 is 0 Å². The molecule has 0 fully saturated rings. The summed E-state index contributed by atoms with van der Waals surface area (Å²) in [5.41, 5.74) is 5.64. The molecule has 0 spiro atoms. The second-order valence-electron chi connectivity index (χ2n) is 11.3. The van der Waals surface area contributed by atoms with Gasteiger partial charge >= 0.3 is 18.0 Å². The largest absolute Gasteiger partial charge is 0.466 e. The van der Waals surface area contributed by atoms with Crippen LogP contribution in [0.2, 0.25) is 0 Å². The molecule has 0 N–H and O–H groups in total. The molecule has 5 rings (SSSR count). The van der Waals surface area contributed by atoms with Gasteiger partial charge in [-0.3, -0.25) is 4.90 Å². The Kier molecular flexibility index (Phi) is 7.01. The minimum Gasteiger partial charge on any atom is -0.466 e. The normalized spacial score (nSPS) is 21.4. The highest BCUT2D eigenvalue weighted by Crippen LogP contribution is 2.59. The van der Waals surface area contributed by atoms with Crippen molar-refractivity contribution in [2.75, 3.05) is 14.2 Å². The number of amides is 1. The number of benzene rings is 2. The molecule has 8 heteroatoms. The number of hydrogen-bond acceptors (Lipinski definition) is 7. The van der Waals surface area contributed by atoms with Crippen LogP contribution in [0.3, 0.4) is 0 Å². The lowest BCUT2D eigenvalue weighted by Crippen LogP contribution is -2.36. The van der Waals surface area contributed by atoms with Crippen molar-refractivity contribution in [3.05, 3.63) is 80.9 Å². The molecule has 2 aliphatic heterocycles. The fourth-order valence-electron chi connectivity index (χ4n) is 6.17. The van der Waals surface area contributed by atoms with Gasteiger partial charge in [0.1, 0.15) is 5.60 Å². The van der Waals surface area contributed by atoms with Gasteiger partial charge in [0.25, 0.3) is 0 Å². The smallest absolute Gasteiger partial charge is 0.411 e. The highest BCUT2D eigenvalue weighted by atomic mass is 16.6. The minimum atomic E-state index is -0.816. The van der Waals surface area contributed by atoms with E-state index in [0.29, 0.717) is 13.0 Å². The molecule has 1 unspecified atom stereocenters. The molecule has 2 aromatic carbocycles. The highest BCUT2D eigenvalue weighted by molar-refractivity contribution is 6.06. The van der Waals surface area contributed by atoms with Crippen molar-refractivity contribution < 1.29 is 33.3 Å². The zero-order valence-electron chi connectivity index (χ0n) is 23.3. The van der Waals surface area contributed by atoms with Gasteiger partial charge in [0, 0.05) is 0 Å². The Morgan fingerprint density at radius 3 is 2.21 bits per heavy atom. The predicted molar refractivity (Wildman–Crippen MR) is 143 cm³/mol. The molecular formula is C31H35NO7. The maximum Gasteiger partial charge on any atom is 0.411 e. The van der Waals surface area contributed by atoms with Crippen molar-refractivity contribution in [3.8, 4) is 0 Å². The summed E-state index contributed by atoms with van der Waals surface area (Å²) < 4.78 is 22.3. The highest BCUT2D eigenvalue weighted by Gasteiger charge is 2.58. The molecule has 2 aromatic rings. The van der Waals surface area contributed by atoms with Crippen LogP contribution in [0.5, 0.6) is 0 Å². The molecule has 1 amide bonds. The van der Waals surface area contributed by atoms with E-state index in [1.807, 2.05) is 36.4 Å². The zero-order valence-corrected chi connectivity index (χ0v) is 23.3. The van der Waals surface area contributed by atoms with E-state index in [1.165, 1.54) is 24.7 Å². The number of esters is 2. The summed E-state index contributed by atoms with van der Waals surface area (Å²) in [6, 6.07) is 10.5. The molecule has 0 radical (unpaired) electrons. The standard InChI is InChI=1S/C31H35NO7/c1-17-14-22-23(21-15-19(12-13-20(17)21)38-16-18-10-8-7-9-11-18)27-25(29(34)37-6)24(28(33)36-5)26(22)32(27)30(35)39-31(2,3)4/h7-11,14,19,26-27H,12-13,15-16H2,1-6H3/t19?,26-,27+/m0/s1. The lowest BCUT2D eigenvalue weighted by atomic mass is 9.76. The van der Waals surface area contributed by atoms with E-state index in [4.69, 9.17) is 18.9 Å². The van der Waals surface area contributed by atoms with Gasteiger partial charge in [-0.15, -0.1) is 0 Å². The van der Waals surface area contributed by atoms with E-state index in [9.17, 15) is 14.4 Å². The molecular weight excluding hydrogens is 498 g/mol. The van der Waals surface area contributed by atoms with Crippen LogP contribution < -0.4 is 0 Å². The average molecular weight is 534 g/mol. The van der Waals surface area contributed by atoms with Crippen molar-refractivity contribution >= 4 is 18.0 Å². The Hall–Kier alpha value is -3.65. The number of carbonyl (C=O) groups excluding carboxylic acids is 3. The summed E-state index contributed by atoms with van der Waals surface area (Å²) in [4.78, 5) is 41.4. The fourth-order valence-corrected chi connectivity index (χ4v) is 6.17. The van der Waals surface area contributed by atoms with Crippen LogP contribution in [0.25, 0.3) is 0 Å². The van der Waals surface area contributed by atoms with Gasteiger partial charge in [0.15, 0.2) is 0 Å². The van der Waals surface area contributed by atoms with Gasteiger partial charge in [-0.25, -0.2) is 14.4 Å². The topological polar surface area (TPSA) is 91.4 Å². The Morgan fingerprint density at radius 1 is 0.949 bits per heavy atom. The van der Waals surface area contributed by atoms with Crippen LogP contribution >= 0.6 is 0 Å². The van der Waals surface area contributed by atoms with Gasteiger partial charge in [-0.2, -0.15) is 0 Å². The summed E-state index contributed by atoms with van der Waals surface area (Å²) in [7, 11) is 2.54. The first-order chi connectivity index (χ1) is 18.6. The number of nitrogens with zero attached hydrogens (tertiary/aromatic N) is 1. The summed E-state index contributed by atoms with van der Waals surface area (Å²) >= 11 is 0. The van der Waals surface area contributed by atoms with E-state index < -0.39 is 35.7 Å². The first-order valence-electron chi connectivity index (χ1n) is 13.3. The second kappa shape index (κ2) is 10.2. The van der Waals surface area contributed by atoms with Gasteiger partial charge in [0.05, 0.1) is 50.2 Å². The average Bonchev–Trinajstić information content (AvgIpc) is 3.42. The molecule has 1 aliphatic carbocycles. The number of fused-ring (bicyclic) bond motifs is 7. The van der Waals surface area contributed by atoms with Crippen molar-refractivity contribution in [2.45, 2.75) is 77.4 Å². The van der Waals surface area contributed by atoms with Gasteiger partial charge < -0.3 is 18.9 Å². The number of aryl methyl sites for hydroxylation is 1. The molecule has 0 saturated carbocycles. The SMILES string of the molecule is COC(=O)C1=C(C(=O)OC)[C@H]2c3c(cc(C)c4c3CC(OCc3ccccc3)CC4)[C@@H]1N2C(=O)OC(C)(C)C. The molecule has 39 heavy (non-hydrogen) atoms. The van der Waals surface area contributed by atoms with Crippen molar-refractivity contribution in [1.82, 2.24) is 4.90 Å². The Morgan fingerprint density at radius 2 is 1.59 bits per heavy atom. The summed E-state index contributed by atoms with van der Waals surface area (Å²) in [5.74, 6) is -1.33. The lowest BCUT2D eigenvalue weighted by molar-refractivity contribution is -0.139. The number of hydrogen-bond donors (Lipinski definition) is 0. The first kappa shape index (κ1) is 26.9.